The van der Waals surface area contributed by atoms with Crippen LogP contribution in [-0.2, 0) is 11.3 Å². The number of fused-ring (bicyclic) bond motifs is 1. The third kappa shape index (κ3) is 2.63. The molecule has 0 atom stereocenters. The zero-order valence-electron chi connectivity index (χ0n) is 11.4. The Bertz CT molecular complexity index is 794. The Hall–Kier alpha value is -2.69. The Balaban J connectivity index is 1.79. The van der Waals surface area contributed by atoms with E-state index in [-0.39, 0.29) is 12.4 Å². The van der Waals surface area contributed by atoms with Crippen LogP contribution in [0.2, 0.25) is 0 Å². The highest BCUT2D eigenvalue weighted by Crippen LogP contribution is 2.14. The van der Waals surface area contributed by atoms with E-state index in [9.17, 15) is 9.18 Å². The van der Waals surface area contributed by atoms with E-state index in [1.807, 2.05) is 35.7 Å². The number of benzene rings is 1. The number of pyridine rings is 1. The molecule has 0 saturated carbocycles. The molecule has 2 aromatic heterocycles. The van der Waals surface area contributed by atoms with Gasteiger partial charge < -0.3 is 9.14 Å². The molecule has 106 valence electrons. The molecule has 4 nitrogen and oxygen atoms in total. The number of esters is 1. The number of hydrogen-bond donors (Lipinski definition) is 0. The molecule has 3 aromatic rings. The summed E-state index contributed by atoms with van der Waals surface area (Å²) in [5.41, 5.74) is 2.76. The molecule has 0 aliphatic carbocycles. The fourth-order valence-corrected chi connectivity index (χ4v) is 2.14. The minimum absolute atomic E-state index is 0.118. The zero-order valence-corrected chi connectivity index (χ0v) is 11.4. The highest BCUT2D eigenvalue weighted by atomic mass is 19.1. The maximum absolute atomic E-state index is 12.8. The van der Waals surface area contributed by atoms with Crippen LogP contribution in [-0.4, -0.2) is 15.4 Å². The molecule has 0 unspecified atom stereocenters. The normalized spacial score (nSPS) is 10.8. The van der Waals surface area contributed by atoms with Gasteiger partial charge in [0.05, 0.1) is 17.0 Å². The van der Waals surface area contributed by atoms with Crippen LogP contribution in [0, 0.1) is 12.7 Å². The Labute approximate surface area is 120 Å². The molecule has 0 aliphatic heterocycles. The van der Waals surface area contributed by atoms with E-state index >= 15 is 0 Å². The van der Waals surface area contributed by atoms with Crippen molar-refractivity contribution < 1.29 is 13.9 Å². The van der Waals surface area contributed by atoms with E-state index in [4.69, 9.17) is 4.74 Å². The number of aromatic nitrogens is 2. The van der Waals surface area contributed by atoms with E-state index in [2.05, 4.69) is 4.98 Å². The molecule has 2 heterocycles. The molecule has 0 spiro atoms. The molecule has 0 aliphatic rings. The number of aryl methyl sites for hydroxylation is 1. The summed E-state index contributed by atoms with van der Waals surface area (Å²) in [5.74, 6) is -0.871. The van der Waals surface area contributed by atoms with Crippen LogP contribution in [0.25, 0.3) is 5.65 Å². The van der Waals surface area contributed by atoms with Crippen LogP contribution in [0.15, 0.2) is 48.7 Å². The molecule has 0 bridgehead atoms. The standard InChI is InChI=1S/C16H13FN2O2/c1-11-14(19-9-3-2-4-15(19)18-11)10-21-16(20)12-5-7-13(17)8-6-12/h2-9H,10H2,1H3. The second-order valence-corrected chi connectivity index (χ2v) is 4.66. The molecule has 0 N–H and O–H groups in total. The maximum Gasteiger partial charge on any atom is 0.338 e. The quantitative estimate of drug-likeness (QED) is 0.694. The molecule has 0 fully saturated rings. The lowest BCUT2D eigenvalue weighted by molar-refractivity contribution is 0.0466. The van der Waals surface area contributed by atoms with Crippen molar-refractivity contribution in [1.82, 2.24) is 9.38 Å². The lowest BCUT2D eigenvalue weighted by Gasteiger charge is -2.06. The van der Waals surface area contributed by atoms with E-state index in [0.29, 0.717) is 5.56 Å². The fraction of sp³-hybridized carbons (Fsp3) is 0.125. The van der Waals surface area contributed by atoms with E-state index in [1.165, 1.54) is 24.3 Å². The molecule has 3 rings (SSSR count). The summed E-state index contributed by atoms with van der Waals surface area (Å²) in [6, 6.07) is 10.9. The summed E-state index contributed by atoms with van der Waals surface area (Å²) in [7, 11) is 0. The molecule has 0 saturated heterocycles. The highest BCUT2D eigenvalue weighted by molar-refractivity contribution is 5.89. The monoisotopic (exact) mass is 284 g/mol. The Kier molecular flexibility index (Phi) is 3.39. The minimum atomic E-state index is -0.486. The van der Waals surface area contributed by atoms with Gasteiger partial charge in [-0.15, -0.1) is 0 Å². The third-order valence-corrected chi connectivity index (χ3v) is 3.25. The summed E-state index contributed by atoms with van der Waals surface area (Å²) in [5, 5.41) is 0. The average Bonchev–Trinajstić information content (AvgIpc) is 2.81. The lowest BCUT2D eigenvalue weighted by atomic mass is 10.2. The van der Waals surface area contributed by atoms with Crippen molar-refractivity contribution in [1.29, 1.82) is 0 Å². The largest absolute Gasteiger partial charge is 0.456 e. The van der Waals surface area contributed by atoms with Crippen LogP contribution in [0.4, 0.5) is 4.39 Å². The van der Waals surface area contributed by atoms with Gasteiger partial charge in [0.25, 0.3) is 0 Å². The van der Waals surface area contributed by atoms with Gasteiger partial charge in [0.15, 0.2) is 0 Å². The van der Waals surface area contributed by atoms with E-state index in [0.717, 1.165) is 17.0 Å². The number of hydrogen-bond acceptors (Lipinski definition) is 3. The zero-order chi connectivity index (χ0) is 14.8. The van der Waals surface area contributed by atoms with Crippen molar-refractivity contribution in [2.24, 2.45) is 0 Å². The summed E-state index contributed by atoms with van der Waals surface area (Å²) in [4.78, 5) is 16.3. The van der Waals surface area contributed by atoms with Crippen molar-refractivity contribution >= 4 is 11.6 Å². The summed E-state index contributed by atoms with van der Waals surface area (Å²) in [6.45, 7) is 1.99. The van der Waals surface area contributed by atoms with Crippen molar-refractivity contribution in [2.75, 3.05) is 0 Å². The van der Waals surface area contributed by atoms with Gasteiger partial charge in [0, 0.05) is 6.20 Å². The van der Waals surface area contributed by atoms with Crippen LogP contribution < -0.4 is 0 Å². The van der Waals surface area contributed by atoms with Gasteiger partial charge in [0.1, 0.15) is 18.1 Å². The summed E-state index contributed by atoms with van der Waals surface area (Å²) >= 11 is 0. The second-order valence-electron chi connectivity index (χ2n) is 4.66. The summed E-state index contributed by atoms with van der Waals surface area (Å²) < 4.78 is 20.0. The van der Waals surface area contributed by atoms with Gasteiger partial charge in [-0.1, -0.05) is 6.07 Å². The van der Waals surface area contributed by atoms with Crippen molar-refractivity contribution in [2.45, 2.75) is 13.5 Å². The number of halogens is 1. The first kappa shape index (κ1) is 13.3. The Morgan fingerprint density at radius 2 is 2.00 bits per heavy atom. The molecule has 5 heteroatoms. The first-order valence-corrected chi connectivity index (χ1v) is 6.50. The maximum atomic E-state index is 12.8. The average molecular weight is 284 g/mol. The molecule has 0 radical (unpaired) electrons. The number of rotatable bonds is 3. The smallest absolute Gasteiger partial charge is 0.338 e. The number of carbonyl (C=O) groups is 1. The summed E-state index contributed by atoms with van der Waals surface area (Å²) in [6.07, 6.45) is 1.87. The highest BCUT2D eigenvalue weighted by Gasteiger charge is 2.12. The van der Waals surface area contributed by atoms with Crippen molar-refractivity contribution in [3.63, 3.8) is 0 Å². The lowest BCUT2D eigenvalue weighted by Crippen LogP contribution is -2.07. The van der Waals surface area contributed by atoms with Gasteiger partial charge in [0.2, 0.25) is 0 Å². The van der Waals surface area contributed by atoms with Crippen molar-refractivity contribution in [3.8, 4) is 0 Å². The first-order valence-electron chi connectivity index (χ1n) is 6.50. The van der Waals surface area contributed by atoms with Crippen LogP contribution in [0.5, 0.6) is 0 Å². The molecule has 1 aromatic carbocycles. The number of nitrogens with zero attached hydrogens (tertiary/aromatic N) is 2. The van der Waals surface area contributed by atoms with Gasteiger partial charge >= 0.3 is 5.97 Å². The molecule has 21 heavy (non-hydrogen) atoms. The topological polar surface area (TPSA) is 43.6 Å². The number of imidazole rings is 1. The third-order valence-electron chi connectivity index (χ3n) is 3.25. The van der Waals surface area contributed by atoms with E-state index < -0.39 is 5.97 Å². The van der Waals surface area contributed by atoms with Crippen LogP contribution >= 0.6 is 0 Å². The second kappa shape index (κ2) is 5.36. The van der Waals surface area contributed by atoms with Crippen molar-refractivity contribution in [3.05, 3.63) is 71.4 Å². The SMILES string of the molecule is Cc1nc2ccccn2c1COC(=O)c1ccc(F)cc1. The van der Waals surface area contributed by atoms with Gasteiger partial charge in [-0.05, 0) is 43.3 Å². The van der Waals surface area contributed by atoms with Crippen LogP contribution in [0.3, 0.4) is 0 Å². The number of carbonyl (C=O) groups excluding carboxylic acids is 1. The first-order chi connectivity index (χ1) is 10.1. The Morgan fingerprint density at radius 3 is 2.76 bits per heavy atom. The predicted octanol–water partition coefficient (Wildman–Crippen LogP) is 3.14. The fourth-order valence-electron chi connectivity index (χ4n) is 2.14. The molecular weight excluding hydrogens is 271 g/mol. The minimum Gasteiger partial charge on any atom is -0.456 e. The van der Waals surface area contributed by atoms with Crippen LogP contribution in [0.1, 0.15) is 21.7 Å². The van der Waals surface area contributed by atoms with E-state index in [1.54, 1.807) is 0 Å². The van der Waals surface area contributed by atoms with Gasteiger partial charge in [-0.25, -0.2) is 14.2 Å². The number of ether oxygens (including phenoxy) is 1. The van der Waals surface area contributed by atoms with Gasteiger partial charge in [-0.3, -0.25) is 0 Å². The molecular formula is C16H13FN2O2. The van der Waals surface area contributed by atoms with Gasteiger partial charge in [-0.2, -0.15) is 0 Å². The predicted molar refractivity (Wildman–Crippen MR) is 75.4 cm³/mol. The molecule has 0 amide bonds. The Morgan fingerprint density at radius 1 is 1.24 bits per heavy atom.